The number of aliphatic imine (C=N–C) groups is 2. The van der Waals surface area contributed by atoms with Crippen LogP contribution in [-0.2, 0) is 4.74 Å². The lowest BCUT2D eigenvalue weighted by atomic mass is 9.90. The fraction of sp³-hybridized carbons (Fsp3) is 0.360. The Bertz CT molecular complexity index is 1200. The van der Waals surface area contributed by atoms with E-state index in [9.17, 15) is 8.78 Å². The van der Waals surface area contributed by atoms with E-state index >= 15 is 0 Å². The summed E-state index contributed by atoms with van der Waals surface area (Å²) in [5.74, 6) is 0.610. The summed E-state index contributed by atoms with van der Waals surface area (Å²) in [7, 11) is 0. The number of amidine groups is 1. The number of epoxide rings is 1. The van der Waals surface area contributed by atoms with E-state index in [2.05, 4.69) is 16.4 Å². The highest BCUT2D eigenvalue weighted by atomic mass is 35.5. The molecule has 0 aliphatic carbocycles. The van der Waals surface area contributed by atoms with Gasteiger partial charge in [-0.15, -0.1) is 11.8 Å². The maximum absolute atomic E-state index is 13.9. The van der Waals surface area contributed by atoms with E-state index in [4.69, 9.17) is 26.3 Å². The lowest BCUT2D eigenvalue weighted by molar-refractivity contribution is 0.310. The zero-order valence-corrected chi connectivity index (χ0v) is 19.5. The van der Waals surface area contributed by atoms with Gasteiger partial charge in [-0.2, -0.15) is 0 Å². The summed E-state index contributed by atoms with van der Waals surface area (Å²) in [6.45, 7) is 2.96. The van der Waals surface area contributed by atoms with E-state index in [0.717, 1.165) is 54.4 Å². The van der Waals surface area contributed by atoms with Crippen molar-refractivity contribution < 1.29 is 13.5 Å². The number of nitrogens with zero attached hydrogens (tertiary/aromatic N) is 3. The summed E-state index contributed by atoms with van der Waals surface area (Å²) >= 11 is 8.30. The number of allylic oxidation sites excluding steroid dienone is 4. The second kappa shape index (κ2) is 7.93. The maximum Gasteiger partial charge on any atom is 0.124 e. The lowest BCUT2D eigenvalue weighted by Crippen LogP contribution is -2.40. The van der Waals surface area contributed by atoms with Gasteiger partial charge in [0.25, 0.3) is 0 Å². The minimum Gasteiger partial charge on any atom is -0.367 e. The SMILES string of the molecule is CC(F)/C=C1/C=CC(C2=C3CC4(CO4)CN3C(C3CC=CS3)=N[C@H]2c2ccc(F)cc2Cl)=N1. The molecule has 1 aromatic rings. The Kier molecular flexibility index (Phi) is 5.12. The van der Waals surface area contributed by atoms with Crippen molar-refractivity contribution in [3.05, 3.63) is 81.3 Å². The van der Waals surface area contributed by atoms with E-state index < -0.39 is 12.2 Å². The van der Waals surface area contributed by atoms with Gasteiger partial charge in [-0.1, -0.05) is 23.7 Å². The Labute approximate surface area is 200 Å². The molecule has 0 bridgehead atoms. The number of hydrogen-bond donors (Lipinski definition) is 0. The fourth-order valence-corrected chi connectivity index (χ4v) is 6.13. The van der Waals surface area contributed by atoms with Crippen molar-refractivity contribution in [2.75, 3.05) is 13.2 Å². The molecular formula is C25H22ClF2N3OS. The summed E-state index contributed by atoms with van der Waals surface area (Å²) in [6, 6.07) is 4.02. The summed E-state index contributed by atoms with van der Waals surface area (Å²) in [4.78, 5) is 12.2. The van der Waals surface area contributed by atoms with Crippen LogP contribution in [0.2, 0.25) is 5.02 Å². The molecule has 0 N–H and O–H groups in total. The van der Waals surface area contributed by atoms with Gasteiger partial charge in [0.15, 0.2) is 0 Å². The molecule has 4 atom stereocenters. The molecule has 6 rings (SSSR count). The van der Waals surface area contributed by atoms with Crippen LogP contribution < -0.4 is 0 Å². The predicted molar refractivity (Wildman–Crippen MR) is 129 cm³/mol. The van der Waals surface area contributed by atoms with Gasteiger partial charge in [-0.05, 0) is 49.1 Å². The first kappa shape index (κ1) is 21.3. The zero-order chi connectivity index (χ0) is 22.7. The quantitative estimate of drug-likeness (QED) is 0.496. The van der Waals surface area contributed by atoms with Crippen LogP contribution in [-0.4, -0.2) is 46.6 Å². The van der Waals surface area contributed by atoms with E-state index in [-0.39, 0.29) is 16.7 Å². The summed E-state index contributed by atoms with van der Waals surface area (Å²) in [5.41, 5.74) is 3.93. The fourth-order valence-electron chi connectivity index (χ4n) is 4.92. The van der Waals surface area contributed by atoms with Gasteiger partial charge in [0, 0.05) is 28.3 Å². The van der Waals surface area contributed by atoms with E-state index in [1.165, 1.54) is 25.1 Å². The molecule has 0 amide bonds. The van der Waals surface area contributed by atoms with E-state index in [0.29, 0.717) is 10.7 Å². The minimum atomic E-state index is -1.10. The normalized spacial score (nSPS) is 32.1. The number of halogens is 3. The molecule has 33 heavy (non-hydrogen) atoms. The molecule has 2 saturated heterocycles. The molecule has 1 aromatic carbocycles. The van der Waals surface area contributed by atoms with Gasteiger partial charge in [0.05, 0.1) is 29.8 Å². The highest BCUT2D eigenvalue weighted by molar-refractivity contribution is 8.03. The van der Waals surface area contributed by atoms with Crippen molar-refractivity contribution in [1.29, 1.82) is 0 Å². The largest absolute Gasteiger partial charge is 0.367 e. The van der Waals surface area contributed by atoms with Crippen LogP contribution in [0.3, 0.4) is 0 Å². The Balaban J connectivity index is 1.52. The van der Waals surface area contributed by atoms with Crippen molar-refractivity contribution in [2.24, 2.45) is 9.98 Å². The Morgan fingerprint density at radius 3 is 2.91 bits per heavy atom. The maximum atomic E-state index is 13.9. The van der Waals surface area contributed by atoms with Gasteiger partial charge >= 0.3 is 0 Å². The zero-order valence-electron chi connectivity index (χ0n) is 18.0. The molecule has 3 unspecified atom stereocenters. The third kappa shape index (κ3) is 3.80. The van der Waals surface area contributed by atoms with E-state index in [1.807, 2.05) is 12.2 Å². The third-order valence-corrected chi connectivity index (χ3v) is 7.92. The number of alkyl halides is 1. The standard InChI is InChI=1S/C25H22ClF2N3OS/c1-14(27)9-16-5-7-19(29-16)22-20-11-25(13-32-25)12-31(20)24(21-3-2-8-33-21)30-23(22)17-6-4-15(28)10-18(17)26/h2,4-10,14,21,23H,3,11-13H2,1H3/b16-9-/t14?,21?,23-,25?/m0/s1. The van der Waals surface area contributed by atoms with Crippen molar-refractivity contribution in [3.63, 3.8) is 0 Å². The molecule has 0 aromatic heterocycles. The number of thioether (sulfide) groups is 1. The molecule has 8 heteroatoms. The predicted octanol–water partition coefficient (Wildman–Crippen LogP) is 5.93. The molecule has 170 valence electrons. The van der Waals surface area contributed by atoms with Gasteiger partial charge in [0.2, 0.25) is 0 Å². The first-order valence-electron chi connectivity index (χ1n) is 11.0. The number of hydrogen-bond acceptors (Lipinski definition) is 5. The topological polar surface area (TPSA) is 40.5 Å². The monoisotopic (exact) mass is 485 g/mol. The minimum absolute atomic E-state index is 0.186. The summed E-state index contributed by atoms with van der Waals surface area (Å²) in [5, 5.41) is 2.66. The summed E-state index contributed by atoms with van der Waals surface area (Å²) in [6.07, 6.45) is 7.95. The summed E-state index contributed by atoms with van der Waals surface area (Å²) < 4.78 is 33.4. The Morgan fingerprint density at radius 2 is 2.21 bits per heavy atom. The smallest absolute Gasteiger partial charge is 0.124 e. The van der Waals surface area contributed by atoms with Crippen LogP contribution in [0.5, 0.6) is 0 Å². The second-order valence-corrected chi connectivity index (χ2v) is 10.5. The Morgan fingerprint density at radius 1 is 1.36 bits per heavy atom. The van der Waals surface area contributed by atoms with Crippen LogP contribution in [0.15, 0.2) is 74.9 Å². The lowest BCUT2D eigenvalue weighted by Gasteiger charge is -2.35. The van der Waals surface area contributed by atoms with Crippen molar-refractivity contribution in [1.82, 2.24) is 4.90 Å². The van der Waals surface area contributed by atoms with Gasteiger partial charge in [-0.25, -0.2) is 13.8 Å². The molecule has 5 aliphatic heterocycles. The third-order valence-electron chi connectivity index (χ3n) is 6.51. The number of rotatable bonds is 4. The highest BCUT2D eigenvalue weighted by Crippen LogP contribution is 2.50. The first-order valence-corrected chi connectivity index (χ1v) is 12.4. The van der Waals surface area contributed by atoms with Crippen LogP contribution in [0.1, 0.15) is 31.4 Å². The van der Waals surface area contributed by atoms with Crippen molar-refractivity contribution >= 4 is 34.9 Å². The van der Waals surface area contributed by atoms with E-state index in [1.54, 1.807) is 17.8 Å². The van der Waals surface area contributed by atoms with Crippen LogP contribution in [0.4, 0.5) is 8.78 Å². The molecule has 5 heterocycles. The van der Waals surface area contributed by atoms with Gasteiger partial charge in [0.1, 0.15) is 29.5 Å². The number of fused-ring (bicyclic) bond motifs is 1. The van der Waals surface area contributed by atoms with Crippen LogP contribution >= 0.6 is 23.4 Å². The molecule has 1 spiro atoms. The average Bonchev–Trinajstić information content (AvgIpc) is 3.17. The second-order valence-electron chi connectivity index (χ2n) is 8.98. The molecule has 5 aliphatic rings. The Hall–Kier alpha value is -2.22. The molecule has 2 fully saturated rings. The van der Waals surface area contributed by atoms with Crippen molar-refractivity contribution in [2.45, 2.75) is 42.8 Å². The molecule has 0 radical (unpaired) electrons. The molecule has 0 saturated carbocycles. The van der Waals surface area contributed by atoms with Crippen LogP contribution in [0, 0.1) is 5.82 Å². The average molecular weight is 486 g/mol. The van der Waals surface area contributed by atoms with Crippen molar-refractivity contribution in [3.8, 4) is 0 Å². The molecular weight excluding hydrogens is 464 g/mol. The number of ether oxygens (including phenoxy) is 1. The molecule has 4 nitrogen and oxygen atoms in total. The first-order chi connectivity index (χ1) is 15.9. The van der Waals surface area contributed by atoms with Gasteiger partial charge < -0.3 is 9.64 Å². The highest BCUT2D eigenvalue weighted by Gasteiger charge is 2.56. The van der Waals surface area contributed by atoms with Gasteiger partial charge in [-0.3, -0.25) is 4.99 Å². The number of benzene rings is 1. The van der Waals surface area contributed by atoms with Crippen LogP contribution in [0.25, 0.3) is 0 Å².